The first kappa shape index (κ1) is 15.3. The van der Waals surface area contributed by atoms with Crippen molar-refractivity contribution in [3.8, 4) is 11.5 Å². The van der Waals surface area contributed by atoms with E-state index in [0.717, 1.165) is 0 Å². The van der Waals surface area contributed by atoms with Gasteiger partial charge in [0, 0.05) is 0 Å². The maximum absolute atomic E-state index is 12.2. The molecule has 2 aromatic carbocycles. The summed E-state index contributed by atoms with van der Waals surface area (Å²) in [6.45, 7) is 3.58. The predicted molar refractivity (Wildman–Crippen MR) is 79.2 cm³/mol. The molecule has 0 spiro atoms. The highest BCUT2D eigenvalue weighted by Crippen LogP contribution is 2.61. The number of allylic oxidation sites excluding steroid dienone is 1. The van der Waals surface area contributed by atoms with Gasteiger partial charge in [-0.1, -0.05) is 30.3 Å². The fraction of sp³-hybridized carbons (Fsp3) is 0.0667. The first-order valence-corrected chi connectivity index (χ1v) is 7.71. The summed E-state index contributed by atoms with van der Waals surface area (Å²) in [6.07, 6.45) is 1.19. The molecule has 0 aromatic heterocycles. The average Bonchev–Trinajstić information content (AvgIpc) is 2.42. The molecule has 0 atom stereocenters. The van der Waals surface area contributed by atoms with Gasteiger partial charge >= 0.3 is 7.60 Å². The minimum Gasteiger partial charge on any atom is -0.508 e. The Kier molecular flexibility index (Phi) is 3.92. The van der Waals surface area contributed by atoms with Crippen LogP contribution in [0.2, 0.25) is 0 Å². The Labute approximate surface area is 122 Å². The molecule has 2 rings (SSSR count). The standard InChI is InChI=1S/C15H15O5P/c1-2-15(21(18,19)20,11-3-7-13(16)8-4-11)12-5-9-14(17)10-6-12/h2-10,16-17H,1H2,(H2,18,19,20). The minimum absolute atomic E-state index is 0.00636. The van der Waals surface area contributed by atoms with Gasteiger partial charge < -0.3 is 20.0 Å². The van der Waals surface area contributed by atoms with E-state index in [9.17, 15) is 24.6 Å². The van der Waals surface area contributed by atoms with Gasteiger partial charge in [0.05, 0.1) is 0 Å². The van der Waals surface area contributed by atoms with Crippen LogP contribution in [0.5, 0.6) is 11.5 Å². The molecule has 0 radical (unpaired) electrons. The number of benzene rings is 2. The SMILES string of the molecule is C=CC(c1ccc(O)cc1)(c1ccc(O)cc1)P(=O)(O)O. The summed E-state index contributed by atoms with van der Waals surface area (Å²) in [5, 5.41) is 17.0. The van der Waals surface area contributed by atoms with Crippen LogP contribution in [0.1, 0.15) is 11.1 Å². The summed E-state index contributed by atoms with van der Waals surface area (Å²) in [5.74, 6) is -0.0127. The van der Waals surface area contributed by atoms with Gasteiger partial charge in [-0.05, 0) is 35.4 Å². The lowest BCUT2D eigenvalue weighted by atomic mass is 9.90. The molecule has 110 valence electrons. The van der Waals surface area contributed by atoms with Crippen LogP contribution >= 0.6 is 7.60 Å². The first-order valence-electron chi connectivity index (χ1n) is 6.09. The normalized spacial score (nSPS) is 12.1. The van der Waals surface area contributed by atoms with E-state index in [1.807, 2.05) is 0 Å². The largest absolute Gasteiger partial charge is 0.508 e. The molecule has 0 saturated heterocycles. The zero-order chi connectivity index (χ0) is 15.7. The highest BCUT2D eigenvalue weighted by Gasteiger charge is 2.47. The van der Waals surface area contributed by atoms with Crippen molar-refractivity contribution >= 4 is 7.60 Å². The average molecular weight is 306 g/mol. The number of phenols is 2. The van der Waals surface area contributed by atoms with Crippen molar-refractivity contribution in [3.63, 3.8) is 0 Å². The molecule has 21 heavy (non-hydrogen) atoms. The first-order chi connectivity index (χ1) is 9.81. The molecule has 0 saturated carbocycles. The lowest BCUT2D eigenvalue weighted by molar-refractivity contribution is 0.351. The quantitative estimate of drug-likeness (QED) is 0.514. The van der Waals surface area contributed by atoms with Crippen LogP contribution in [-0.4, -0.2) is 20.0 Å². The van der Waals surface area contributed by atoms with Crippen molar-refractivity contribution in [2.24, 2.45) is 0 Å². The molecule has 4 N–H and O–H groups in total. The Hall–Kier alpha value is -2.07. The number of aromatic hydroxyl groups is 2. The molecular formula is C15H15O5P. The lowest BCUT2D eigenvalue weighted by Crippen LogP contribution is -2.25. The second-order valence-electron chi connectivity index (χ2n) is 4.61. The van der Waals surface area contributed by atoms with Crippen LogP contribution in [0, 0.1) is 0 Å². The smallest absolute Gasteiger partial charge is 0.344 e. The van der Waals surface area contributed by atoms with Gasteiger partial charge in [0.1, 0.15) is 16.7 Å². The van der Waals surface area contributed by atoms with Crippen LogP contribution < -0.4 is 0 Å². The van der Waals surface area contributed by atoms with E-state index >= 15 is 0 Å². The fourth-order valence-electron chi connectivity index (χ4n) is 2.29. The van der Waals surface area contributed by atoms with Crippen molar-refractivity contribution in [2.45, 2.75) is 5.16 Å². The molecule has 0 unspecified atom stereocenters. The maximum Gasteiger partial charge on any atom is 0.344 e. The van der Waals surface area contributed by atoms with Gasteiger partial charge in [-0.15, -0.1) is 6.58 Å². The zero-order valence-electron chi connectivity index (χ0n) is 11.0. The molecule has 0 aliphatic rings. The van der Waals surface area contributed by atoms with Gasteiger partial charge in [-0.3, -0.25) is 4.57 Å². The third kappa shape index (κ3) is 2.59. The Morgan fingerprint density at radius 2 is 1.19 bits per heavy atom. The third-order valence-corrected chi connectivity index (χ3v) is 4.99. The van der Waals surface area contributed by atoms with Crippen molar-refractivity contribution in [1.82, 2.24) is 0 Å². The summed E-state index contributed by atoms with van der Waals surface area (Å²) in [6, 6.07) is 11.1. The molecule has 0 bridgehead atoms. The molecule has 0 aliphatic heterocycles. The van der Waals surface area contributed by atoms with E-state index < -0.39 is 12.8 Å². The lowest BCUT2D eigenvalue weighted by Gasteiger charge is -2.32. The number of hydrogen-bond acceptors (Lipinski definition) is 3. The summed E-state index contributed by atoms with van der Waals surface area (Å²) >= 11 is 0. The topological polar surface area (TPSA) is 98.0 Å². The van der Waals surface area contributed by atoms with E-state index in [1.165, 1.54) is 54.6 Å². The van der Waals surface area contributed by atoms with Crippen molar-refractivity contribution in [3.05, 3.63) is 72.3 Å². The van der Waals surface area contributed by atoms with Crippen LogP contribution in [0.3, 0.4) is 0 Å². The molecule has 5 nitrogen and oxygen atoms in total. The second-order valence-corrected chi connectivity index (χ2v) is 6.40. The molecule has 0 heterocycles. The minimum atomic E-state index is -4.66. The van der Waals surface area contributed by atoms with Crippen LogP contribution in [-0.2, 0) is 9.72 Å². The van der Waals surface area contributed by atoms with E-state index in [1.54, 1.807) is 0 Å². The monoisotopic (exact) mass is 306 g/mol. The highest BCUT2D eigenvalue weighted by molar-refractivity contribution is 7.53. The van der Waals surface area contributed by atoms with Gasteiger partial charge in [0.15, 0.2) is 0 Å². The third-order valence-electron chi connectivity index (χ3n) is 3.37. The molecule has 2 aromatic rings. The Balaban J connectivity index is 2.76. The fourth-order valence-corrected chi connectivity index (χ4v) is 3.50. The van der Waals surface area contributed by atoms with Gasteiger partial charge in [0.2, 0.25) is 0 Å². The van der Waals surface area contributed by atoms with Crippen molar-refractivity contribution < 1.29 is 24.6 Å². The highest BCUT2D eigenvalue weighted by atomic mass is 31.2. The van der Waals surface area contributed by atoms with E-state index in [4.69, 9.17) is 0 Å². The summed E-state index contributed by atoms with van der Waals surface area (Å²) < 4.78 is 12.2. The van der Waals surface area contributed by atoms with Crippen molar-refractivity contribution in [1.29, 1.82) is 0 Å². The van der Waals surface area contributed by atoms with E-state index in [2.05, 4.69) is 6.58 Å². The Bertz CT molecular complexity index is 640. The zero-order valence-corrected chi connectivity index (χ0v) is 11.9. The predicted octanol–water partition coefficient (Wildman–Crippen LogP) is 2.71. The number of rotatable bonds is 4. The van der Waals surface area contributed by atoms with E-state index in [-0.39, 0.29) is 11.5 Å². The summed E-state index contributed by atoms with van der Waals surface area (Å²) in [5.41, 5.74) is 0.601. The molecular weight excluding hydrogens is 291 g/mol. The molecule has 0 aliphatic carbocycles. The van der Waals surface area contributed by atoms with Gasteiger partial charge in [-0.25, -0.2) is 0 Å². The van der Waals surface area contributed by atoms with Crippen LogP contribution in [0.4, 0.5) is 0 Å². The Morgan fingerprint density at radius 3 is 1.43 bits per heavy atom. The number of phenolic OH excluding ortho intramolecular Hbond substituents is 2. The molecule has 0 fully saturated rings. The van der Waals surface area contributed by atoms with Crippen molar-refractivity contribution in [2.75, 3.05) is 0 Å². The second kappa shape index (κ2) is 5.37. The number of hydrogen-bond donors (Lipinski definition) is 4. The van der Waals surface area contributed by atoms with Gasteiger partial charge in [0.25, 0.3) is 0 Å². The van der Waals surface area contributed by atoms with Gasteiger partial charge in [-0.2, -0.15) is 0 Å². The van der Waals surface area contributed by atoms with Crippen LogP contribution in [0.25, 0.3) is 0 Å². The van der Waals surface area contributed by atoms with E-state index in [0.29, 0.717) is 11.1 Å². The molecule has 0 amide bonds. The Morgan fingerprint density at radius 1 is 0.857 bits per heavy atom. The molecule has 6 heteroatoms. The van der Waals surface area contributed by atoms with Crippen LogP contribution in [0.15, 0.2) is 61.2 Å². The maximum atomic E-state index is 12.2. The summed E-state index contributed by atoms with van der Waals surface area (Å²) in [4.78, 5) is 19.8. The summed E-state index contributed by atoms with van der Waals surface area (Å²) in [7, 11) is -4.66.